The van der Waals surface area contributed by atoms with Gasteiger partial charge in [-0.1, -0.05) is 81.4 Å². The van der Waals surface area contributed by atoms with Crippen LogP contribution >= 0.6 is 0 Å². The summed E-state index contributed by atoms with van der Waals surface area (Å²) in [6, 6.07) is 25.4. The summed E-state index contributed by atoms with van der Waals surface area (Å²) in [5.41, 5.74) is 2.10. The lowest BCUT2D eigenvalue weighted by atomic mass is 9.72. The first-order chi connectivity index (χ1) is 19.5. The molecule has 1 fully saturated rings. The number of piperidine rings is 1. The third-order valence-electron chi connectivity index (χ3n) is 7.88. The topological polar surface area (TPSA) is 84.9 Å². The maximum Gasteiger partial charge on any atom is 0.253 e. The smallest absolute Gasteiger partial charge is 0.253 e. The van der Waals surface area contributed by atoms with E-state index in [0.29, 0.717) is 30.9 Å². The summed E-state index contributed by atoms with van der Waals surface area (Å²) in [5, 5.41) is 18.3. The highest BCUT2D eigenvalue weighted by Crippen LogP contribution is 2.43. The molecule has 0 unspecified atom stereocenters. The van der Waals surface area contributed by atoms with Crippen LogP contribution in [-0.2, 0) is 10.4 Å². The summed E-state index contributed by atoms with van der Waals surface area (Å²) in [4.78, 5) is 30.3. The minimum absolute atomic E-state index is 0.00580. The van der Waals surface area contributed by atoms with Crippen LogP contribution in [-0.4, -0.2) is 62.1 Å². The van der Waals surface area contributed by atoms with Crippen LogP contribution in [0, 0.1) is 11.3 Å². The molecule has 0 radical (unpaired) electrons. The van der Waals surface area contributed by atoms with Crippen molar-refractivity contribution in [3.8, 4) is 0 Å². The molecule has 1 heterocycles. The van der Waals surface area contributed by atoms with Gasteiger partial charge >= 0.3 is 0 Å². The van der Waals surface area contributed by atoms with Gasteiger partial charge in [0, 0.05) is 43.0 Å². The van der Waals surface area contributed by atoms with Gasteiger partial charge in [0.25, 0.3) is 5.91 Å². The fourth-order valence-electron chi connectivity index (χ4n) is 5.44. The number of benzene rings is 3. The molecule has 3 aromatic carbocycles. The quantitative estimate of drug-likeness (QED) is 0.341. The van der Waals surface area contributed by atoms with E-state index in [1.165, 1.54) is 0 Å². The fraction of sp³-hybridized carbons (Fsp3) is 0.412. The Labute approximate surface area is 244 Å². The van der Waals surface area contributed by atoms with Gasteiger partial charge in [0.05, 0.1) is 5.56 Å². The molecule has 7 heteroatoms. The van der Waals surface area contributed by atoms with E-state index in [1.807, 2.05) is 113 Å². The molecule has 2 amide bonds. The standard InChI is InChI=1S/C34H44N4O3/c1-33(2,3)32(40)36-28-16-17-30(29(24-28)31(39)35-20-23-37(4)5)38-21-18-27(19-22-38)34(41,25-12-8-6-9-13-25)26-14-10-7-11-15-26/h6-17,24,27,41H,18-23H2,1-5H3,(H,35,39)(H,36,40). The van der Waals surface area contributed by atoms with Crippen molar-refractivity contribution < 1.29 is 14.7 Å². The zero-order valence-electron chi connectivity index (χ0n) is 25.0. The number of aliphatic hydroxyl groups is 1. The van der Waals surface area contributed by atoms with Crippen LogP contribution < -0.4 is 15.5 Å². The molecule has 0 aromatic heterocycles. The van der Waals surface area contributed by atoms with E-state index in [9.17, 15) is 14.7 Å². The number of carbonyl (C=O) groups is 2. The Hall–Kier alpha value is -3.68. The lowest BCUT2D eigenvalue weighted by molar-refractivity contribution is -0.123. The van der Waals surface area contributed by atoms with Crippen molar-refractivity contribution in [3.63, 3.8) is 0 Å². The summed E-state index contributed by atoms with van der Waals surface area (Å²) < 4.78 is 0. The van der Waals surface area contributed by atoms with Crippen LogP contribution in [0.4, 0.5) is 11.4 Å². The van der Waals surface area contributed by atoms with E-state index in [2.05, 4.69) is 15.5 Å². The maximum absolute atomic E-state index is 13.4. The number of amides is 2. The molecule has 1 saturated heterocycles. The van der Waals surface area contributed by atoms with Crippen LogP contribution in [0.15, 0.2) is 78.9 Å². The predicted octanol–water partition coefficient (Wildman–Crippen LogP) is 5.12. The Balaban J connectivity index is 1.59. The maximum atomic E-state index is 13.4. The minimum Gasteiger partial charge on any atom is -0.380 e. The molecule has 1 aliphatic rings. The molecule has 0 saturated carbocycles. The fourth-order valence-corrected chi connectivity index (χ4v) is 5.44. The van der Waals surface area contributed by atoms with E-state index in [4.69, 9.17) is 0 Å². The van der Waals surface area contributed by atoms with Gasteiger partial charge in [-0.25, -0.2) is 0 Å². The Morgan fingerprint density at radius 3 is 1.98 bits per heavy atom. The summed E-state index contributed by atoms with van der Waals surface area (Å²) in [6.07, 6.45) is 1.51. The van der Waals surface area contributed by atoms with Gasteiger partial charge in [-0.15, -0.1) is 0 Å². The van der Waals surface area contributed by atoms with Gasteiger partial charge < -0.3 is 25.5 Å². The van der Waals surface area contributed by atoms with Crippen molar-refractivity contribution in [3.05, 3.63) is 95.6 Å². The number of rotatable bonds is 9. The van der Waals surface area contributed by atoms with Crippen LogP contribution in [0.5, 0.6) is 0 Å². The third-order valence-corrected chi connectivity index (χ3v) is 7.88. The molecule has 0 spiro atoms. The predicted molar refractivity (Wildman–Crippen MR) is 166 cm³/mol. The first-order valence-electron chi connectivity index (χ1n) is 14.5. The Kier molecular flexibility index (Phi) is 9.51. The molecule has 7 nitrogen and oxygen atoms in total. The van der Waals surface area contributed by atoms with E-state index >= 15 is 0 Å². The van der Waals surface area contributed by atoms with Crippen LogP contribution in [0.1, 0.15) is 55.1 Å². The number of nitrogens with zero attached hydrogens (tertiary/aromatic N) is 2. The highest BCUT2D eigenvalue weighted by Gasteiger charge is 2.41. The van der Waals surface area contributed by atoms with Crippen molar-refractivity contribution in [2.75, 3.05) is 50.5 Å². The Morgan fingerprint density at radius 2 is 1.46 bits per heavy atom. The van der Waals surface area contributed by atoms with E-state index < -0.39 is 11.0 Å². The normalized spacial score (nSPS) is 14.7. The molecule has 3 N–H and O–H groups in total. The van der Waals surface area contributed by atoms with Crippen LogP contribution in [0.25, 0.3) is 0 Å². The largest absolute Gasteiger partial charge is 0.380 e. The van der Waals surface area contributed by atoms with Crippen molar-refractivity contribution in [2.24, 2.45) is 11.3 Å². The zero-order chi connectivity index (χ0) is 29.6. The number of likely N-dealkylation sites (N-methyl/N-ethyl adjacent to an activating group) is 1. The second-order valence-electron chi connectivity index (χ2n) is 12.3. The average molecular weight is 557 g/mol. The van der Waals surface area contributed by atoms with E-state index in [-0.39, 0.29) is 17.7 Å². The number of hydrogen-bond donors (Lipinski definition) is 3. The SMILES string of the molecule is CN(C)CCNC(=O)c1cc(NC(=O)C(C)(C)C)ccc1N1CCC(C(O)(c2ccccc2)c2ccccc2)CC1. The highest BCUT2D eigenvalue weighted by molar-refractivity contribution is 6.02. The molecule has 3 aromatic rings. The molecular weight excluding hydrogens is 512 g/mol. The molecule has 0 atom stereocenters. The molecule has 1 aliphatic heterocycles. The number of hydrogen-bond acceptors (Lipinski definition) is 5. The molecule has 4 rings (SSSR count). The van der Waals surface area contributed by atoms with Crippen molar-refractivity contribution in [1.82, 2.24) is 10.2 Å². The summed E-state index contributed by atoms with van der Waals surface area (Å²) in [6.45, 7) is 8.22. The molecular formula is C34H44N4O3. The first kappa shape index (κ1) is 30.3. The van der Waals surface area contributed by atoms with Gasteiger partial charge in [-0.3, -0.25) is 9.59 Å². The molecule has 0 bridgehead atoms. The van der Waals surface area contributed by atoms with Crippen molar-refractivity contribution in [2.45, 2.75) is 39.2 Å². The molecule has 41 heavy (non-hydrogen) atoms. The van der Waals surface area contributed by atoms with Gasteiger partial charge in [0.15, 0.2) is 0 Å². The van der Waals surface area contributed by atoms with Crippen LogP contribution in [0.3, 0.4) is 0 Å². The van der Waals surface area contributed by atoms with E-state index in [1.54, 1.807) is 6.07 Å². The van der Waals surface area contributed by atoms with Crippen LogP contribution in [0.2, 0.25) is 0 Å². The van der Waals surface area contributed by atoms with Gasteiger partial charge in [0.2, 0.25) is 5.91 Å². The van der Waals surface area contributed by atoms with Gasteiger partial charge in [-0.05, 0) is 62.2 Å². The summed E-state index contributed by atoms with van der Waals surface area (Å²) in [7, 11) is 3.94. The first-order valence-corrected chi connectivity index (χ1v) is 14.5. The average Bonchev–Trinajstić information content (AvgIpc) is 2.97. The Bertz CT molecular complexity index is 1270. The lowest BCUT2D eigenvalue weighted by Crippen LogP contribution is -2.45. The molecule has 0 aliphatic carbocycles. The van der Waals surface area contributed by atoms with Gasteiger partial charge in [0.1, 0.15) is 5.60 Å². The number of carbonyl (C=O) groups excluding carboxylic acids is 2. The molecule has 218 valence electrons. The summed E-state index contributed by atoms with van der Waals surface area (Å²) in [5.74, 6) is -0.265. The second kappa shape index (κ2) is 12.9. The second-order valence-corrected chi connectivity index (χ2v) is 12.3. The van der Waals surface area contributed by atoms with Crippen molar-refractivity contribution >= 4 is 23.2 Å². The number of anilines is 2. The third kappa shape index (κ3) is 7.16. The zero-order valence-corrected chi connectivity index (χ0v) is 25.0. The minimum atomic E-state index is -1.11. The lowest BCUT2D eigenvalue weighted by Gasteiger charge is -2.43. The number of nitrogens with one attached hydrogen (secondary N) is 2. The Morgan fingerprint density at radius 1 is 0.902 bits per heavy atom. The van der Waals surface area contributed by atoms with Crippen molar-refractivity contribution in [1.29, 1.82) is 0 Å². The van der Waals surface area contributed by atoms with E-state index in [0.717, 1.165) is 36.2 Å². The monoisotopic (exact) mass is 556 g/mol. The van der Waals surface area contributed by atoms with Gasteiger partial charge in [-0.2, -0.15) is 0 Å². The summed E-state index contributed by atoms with van der Waals surface area (Å²) >= 11 is 0. The highest BCUT2D eigenvalue weighted by atomic mass is 16.3.